The highest BCUT2D eigenvalue weighted by Crippen LogP contribution is 2.32. The number of phenolic OH excluding ortho intramolecular Hbond substituents is 2. The summed E-state index contributed by atoms with van der Waals surface area (Å²) in [5.74, 6) is -2.17. The fraction of sp³-hybridized carbons (Fsp3) is 0.214. The molecule has 24 heavy (non-hydrogen) atoms. The quantitative estimate of drug-likeness (QED) is 0.509. The number of carboxylic acids is 1. The molecule has 10 heteroatoms. The number of fused-ring (bicyclic) bond motifs is 2. The van der Waals surface area contributed by atoms with Gasteiger partial charge in [0, 0.05) is 18.8 Å². The van der Waals surface area contributed by atoms with E-state index in [-0.39, 0.29) is 22.7 Å². The third-order valence-electron chi connectivity index (χ3n) is 3.82. The number of nitrogens with zero attached hydrogens (tertiary/aromatic N) is 2. The van der Waals surface area contributed by atoms with Crippen molar-refractivity contribution in [2.24, 2.45) is 9.98 Å². The van der Waals surface area contributed by atoms with Crippen molar-refractivity contribution in [3.8, 4) is 11.5 Å². The summed E-state index contributed by atoms with van der Waals surface area (Å²) in [5, 5.41) is 32.9. The minimum atomic E-state index is -3.95. The average molecular weight is 351 g/mol. The van der Waals surface area contributed by atoms with Gasteiger partial charge >= 0.3 is 5.97 Å². The number of rotatable bonds is 4. The van der Waals surface area contributed by atoms with Crippen molar-refractivity contribution >= 4 is 21.4 Å². The van der Waals surface area contributed by atoms with Crippen LogP contribution >= 0.6 is 0 Å². The lowest BCUT2D eigenvalue weighted by Gasteiger charge is -2.15. The number of hydrogen-bond donors (Lipinski definition) is 4. The Hall–Kier alpha value is -2.72. The Balaban J connectivity index is 2.22. The Morgan fingerprint density at radius 2 is 1.96 bits per heavy atom. The molecule has 9 nitrogen and oxygen atoms in total. The Morgan fingerprint density at radius 3 is 2.58 bits per heavy atom. The smallest absolute Gasteiger partial charge is 0.321 e. The summed E-state index contributed by atoms with van der Waals surface area (Å²) in [6, 6.07) is -0.935. The van der Waals surface area contributed by atoms with E-state index in [1.54, 1.807) is 0 Å². The van der Waals surface area contributed by atoms with Crippen LogP contribution in [-0.2, 0) is 14.6 Å². The third-order valence-corrected chi connectivity index (χ3v) is 5.26. The van der Waals surface area contributed by atoms with Crippen molar-refractivity contribution in [1.29, 1.82) is 0 Å². The molecular formula is C14H13N3O6S. The highest BCUT2D eigenvalue weighted by atomic mass is 32.2. The molecule has 0 saturated heterocycles. The number of hydrogen-bond acceptors (Lipinski definition) is 8. The SMILES string of the molecule is CNC(CC1=CN=c2c(O)c3c(c(O)c21)=NC=CS3(=O)=O)C(=O)O. The Labute approximate surface area is 135 Å². The second kappa shape index (κ2) is 5.42. The molecule has 0 aliphatic carbocycles. The van der Waals surface area contributed by atoms with Crippen molar-refractivity contribution in [3.05, 3.63) is 34.1 Å². The van der Waals surface area contributed by atoms with E-state index in [9.17, 15) is 23.4 Å². The zero-order valence-corrected chi connectivity index (χ0v) is 13.2. The zero-order valence-electron chi connectivity index (χ0n) is 12.4. The normalized spacial score (nSPS) is 18.0. The second-order valence-corrected chi connectivity index (χ2v) is 7.00. The predicted molar refractivity (Wildman–Crippen MR) is 81.5 cm³/mol. The second-order valence-electron chi connectivity index (χ2n) is 5.22. The van der Waals surface area contributed by atoms with Crippen LogP contribution in [-0.4, -0.2) is 42.8 Å². The van der Waals surface area contributed by atoms with Crippen molar-refractivity contribution in [2.75, 3.05) is 7.05 Å². The number of aliphatic carboxylic acids is 1. The first-order chi connectivity index (χ1) is 11.3. The van der Waals surface area contributed by atoms with Crippen LogP contribution in [0.5, 0.6) is 11.5 Å². The first-order valence-electron chi connectivity index (χ1n) is 6.82. The molecule has 0 spiro atoms. The number of likely N-dealkylation sites (N-methyl/N-ethyl adjacent to an activating group) is 1. The molecule has 2 heterocycles. The average Bonchev–Trinajstić information content (AvgIpc) is 2.93. The van der Waals surface area contributed by atoms with Crippen molar-refractivity contribution in [3.63, 3.8) is 0 Å². The van der Waals surface area contributed by atoms with Gasteiger partial charge in [-0.1, -0.05) is 0 Å². The van der Waals surface area contributed by atoms with Crippen LogP contribution in [0.4, 0.5) is 0 Å². The van der Waals surface area contributed by atoms with Gasteiger partial charge in [0.05, 0.1) is 11.0 Å². The molecule has 4 N–H and O–H groups in total. The van der Waals surface area contributed by atoms with Crippen LogP contribution in [0.15, 0.2) is 32.7 Å². The molecule has 1 aromatic carbocycles. The fourth-order valence-corrected chi connectivity index (χ4v) is 3.79. The monoisotopic (exact) mass is 351 g/mol. The highest BCUT2D eigenvalue weighted by molar-refractivity contribution is 7.94. The summed E-state index contributed by atoms with van der Waals surface area (Å²) in [6.07, 6.45) is 2.28. The van der Waals surface area contributed by atoms with Crippen molar-refractivity contribution in [1.82, 2.24) is 5.32 Å². The van der Waals surface area contributed by atoms with Crippen LogP contribution in [0.1, 0.15) is 12.0 Å². The number of aromatic hydroxyl groups is 2. The van der Waals surface area contributed by atoms with Gasteiger partial charge in [-0.3, -0.25) is 14.8 Å². The number of carboxylic acid groups (broad SMARTS) is 1. The molecule has 1 aromatic rings. The Bertz CT molecular complexity index is 1040. The molecule has 0 fully saturated rings. The molecular weight excluding hydrogens is 338 g/mol. The van der Waals surface area contributed by atoms with Gasteiger partial charge in [-0.15, -0.1) is 0 Å². The standard InChI is InChI=1S/C14H13N3O6S/c1-15-7(14(20)21)4-6-5-17-9-8(6)11(18)10-13(12(9)19)24(22,23)3-2-16-10/h2-3,5,7,15,18-19H,4H2,1H3,(H,20,21). The number of carbonyl (C=O) groups is 1. The molecule has 0 radical (unpaired) electrons. The summed E-state index contributed by atoms with van der Waals surface area (Å²) in [5.41, 5.74) is 0.437. The molecule has 1 unspecified atom stereocenters. The van der Waals surface area contributed by atoms with E-state index in [0.717, 1.165) is 11.6 Å². The van der Waals surface area contributed by atoms with Crippen LogP contribution in [0.3, 0.4) is 0 Å². The molecule has 0 aromatic heterocycles. The van der Waals surface area contributed by atoms with E-state index in [2.05, 4.69) is 15.3 Å². The molecule has 0 amide bonds. The lowest BCUT2D eigenvalue weighted by Crippen LogP contribution is -2.34. The summed E-state index contributed by atoms with van der Waals surface area (Å²) < 4.78 is 24.2. The molecule has 0 bridgehead atoms. The van der Waals surface area contributed by atoms with Gasteiger partial charge < -0.3 is 20.6 Å². The molecule has 2 aliphatic heterocycles. The van der Waals surface area contributed by atoms with Crippen LogP contribution < -0.4 is 16.0 Å². The first-order valence-corrected chi connectivity index (χ1v) is 8.37. The maximum atomic E-state index is 12.1. The van der Waals surface area contributed by atoms with Crippen LogP contribution in [0.2, 0.25) is 0 Å². The van der Waals surface area contributed by atoms with Crippen LogP contribution in [0, 0.1) is 0 Å². The third kappa shape index (κ3) is 2.27. The van der Waals surface area contributed by atoms with Gasteiger partial charge in [0.25, 0.3) is 0 Å². The Kier molecular flexibility index (Phi) is 3.65. The zero-order chi connectivity index (χ0) is 17.6. The first kappa shape index (κ1) is 16.1. The van der Waals surface area contributed by atoms with E-state index in [0.29, 0.717) is 5.57 Å². The van der Waals surface area contributed by atoms with E-state index < -0.39 is 38.2 Å². The lowest BCUT2D eigenvalue weighted by atomic mass is 9.98. The largest absolute Gasteiger partial charge is 0.505 e. The number of sulfone groups is 1. The number of phenols is 2. The van der Waals surface area contributed by atoms with Gasteiger partial charge in [0.2, 0.25) is 9.84 Å². The lowest BCUT2D eigenvalue weighted by molar-refractivity contribution is -0.139. The topological polar surface area (TPSA) is 149 Å². The van der Waals surface area contributed by atoms with E-state index in [4.69, 9.17) is 5.11 Å². The maximum absolute atomic E-state index is 12.1. The number of benzene rings is 1. The highest BCUT2D eigenvalue weighted by Gasteiger charge is 2.31. The van der Waals surface area contributed by atoms with Crippen molar-refractivity contribution in [2.45, 2.75) is 17.4 Å². The Morgan fingerprint density at radius 1 is 1.25 bits per heavy atom. The van der Waals surface area contributed by atoms with Crippen molar-refractivity contribution < 1.29 is 28.5 Å². The van der Waals surface area contributed by atoms with Gasteiger partial charge in [-0.25, -0.2) is 8.42 Å². The number of nitrogens with one attached hydrogen (secondary N) is 1. The minimum absolute atomic E-state index is 0.0172. The van der Waals surface area contributed by atoms with E-state index in [1.807, 2.05) is 0 Å². The summed E-state index contributed by atoms with van der Waals surface area (Å²) in [6.45, 7) is 0. The van der Waals surface area contributed by atoms with Gasteiger partial charge in [-0.2, -0.15) is 0 Å². The molecule has 126 valence electrons. The van der Waals surface area contributed by atoms with E-state index in [1.165, 1.54) is 13.2 Å². The molecule has 0 saturated carbocycles. The predicted octanol–water partition coefficient (Wildman–Crippen LogP) is -0.987. The van der Waals surface area contributed by atoms with Gasteiger partial charge in [-0.05, 0) is 12.6 Å². The van der Waals surface area contributed by atoms with Gasteiger partial charge in [0.15, 0.2) is 11.5 Å². The molecule has 2 aliphatic rings. The van der Waals surface area contributed by atoms with Gasteiger partial charge in [0.1, 0.15) is 21.7 Å². The summed E-state index contributed by atoms with van der Waals surface area (Å²) in [7, 11) is -2.47. The minimum Gasteiger partial charge on any atom is -0.505 e. The fourth-order valence-electron chi connectivity index (χ4n) is 2.64. The molecule has 3 rings (SSSR count). The summed E-state index contributed by atoms with van der Waals surface area (Å²) >= 11 is 0. The van der Waals surface area contributed by atoms with E-state index >= 15 is 0 Å². The molecule has 1 atom stereocenters. The van der Waals surface area contributed by atoms with Crippen LogP contribution in [0.25, 0.3) is 5.57 Å². The summed E-state index contributed by atoms with van der Waals surface area (Å²) in [4.78, 5) is 18.4. The maximum Gasteiger partial charge on any atom is 0.321 e.